The third-order valence-corrected chi connectivity index (χ3v) is 2.76. The molecule has 0 saturated carbocycles. The van der Waals surface area contributed by atoms with Gasteiger partial charge in [-0.3, -0.25) is 0 Å². The van der Waals surface area contributed by atoms with Crippen LogP contribution in [0, 0.1) is 0 Å². The summed E-state index contributed by atoms with van der Waals surface area (Å²) in [5.41, 5.74) is 6.71. The molecule has 0 fully saturated rings. The molecule has 2 N–H and O–H groups in total. The lowest BCUT2D eigenvalue weighted by Gasteiger charge is -2.13. The van der Waals surface area contributed by atoms with Crippen LogP contribution in [0.1, 0.15) is 24.8 Å². The minimum atomic E-state index is -4.11. The summed E-state index contributed by atoms with van der Waals surface area (Å²) in [7, 11) is 1.59. The van der Waals surface area contributed by atoms with Crippen molar-refractivity contribution in [2.45, 2.75) is 37.9 Å². The molecule has 0 heterocycles. The Labute approximate surface area is 105 Å². The molecule has 0 saturated heterocycles. The van der Waals surface area contributed by atoms with Crippen LogP contribution in [0.5, 0.6) is 5.75 Å². The first-order chi connectivity index (χ1) is 8.40. The molecule has 0 aliphatic heterocycles. The number of methoxy groups -OCH3 is 1. The van der Waals surface area contributed by atoms with Crippen molar-refractivity contribution in [2.24, 2.45) is 5.73 Å². The lowest BCUT2D eigenvalue weighted by Crippen LogP contribution is -2.23. The van der Waals surface area contributed by atoms with Crippen LogP contribution in [0.3, 0.4) is 0 Å². The average molecular weight is 261 g/mol. The number of aryl methyl sites for hydroxylation is 1. The van der Waals surface area contributed by atoms with Gasteiger partial charge in [-0.15, -0.1) is 0 Å². The van der Waals surface area contributed by atoms with Crippen LogP contribution in [0.4, 0.5) is 13.2 Å². The molecule has 1 aromatic carbocycles. The fraction of sp³-hybridized carbons (Fsp3) is 0.538. The van der Waals surface area contributed by atoms with Crippen LogP contribution in [0.25, 0.3) is 0 Å². The SMILES string of the molecule is COc1ccc(CCC(N)CCC(F)(F)F)cc1. The number of halogens is 3. The van der Waals surface area contributed by atoms with Crippen LogP contribution >= 0.6 is 0 Å². The molecule has 0 spiro atoms. The smallest absolute Gasteiger partial charge is 0.389 e. The predicted octanol–water partition coefficient (Wildman–Crippen LogP) is 3.30. The Kier molecular flexibility index (Phi) is 5.47. The second-order valence-electron chi connectivity index (χ2n) is 4.30. The Balaban J connectivity index is 2.31. The molecule has 0 bridgehead atoms. The molecule has 0 aromatic heterocycles. The van der Waals surface area contributed by atoms with E-state index in [1.54, 1.807) is 7.11 Å². The fourth-order valence-corrected chi connectivity index (χ4v) is 1.64. The molecule has 18 heavy (non-hydrogen) atoms. The number of hydrogen-bond donors (Lipinski definition) is 1. The second kappa shape index (κ2) is 6.64. The van der Waals surface area contributed by atoms with E-state index in [4.69, 9.17) is 10.5 Å². The Morgan fingerprint density at radius 1 is 1.17 bits per heavy atom. The Morgan fingerprint density at radius 3 is 2.28 bits per heavy atom. The highest BCUT2D eigenvalue weighted by atomic mass is 19.4. The van der Waals surface area contributed by atoms with E-state index in [9.17, 15) is 13.2 Å². The summed E-state index contributed by atoms with van der Waals surface area (Å²) in [5, 5.41) is 0. The van der Waals surface area contributed by atoms with Crippen LogP contribution in [0.2, 0.25) is 0 Å². The van der Waals surface area contributed by atoms with Crippen molar-refractivity contribution in [1.29, 1.82) is 0 Å². The van der Waals surface area contributed by atoms with Crippen LogP contribution in [-0.2, 0) is 6.42 Å². The molecule has 1 unspecified atom stereocenters. The number of hydrogen-bond acceptors (Lipinski definition) is 2. The monoisotopic (exact) mass is 261 g/mol. The normalized spacial score (nSPS) is 13.4. The molecule has 0 aliphatic rings. The van der Waals surface area contributed by atoms with Gasteiger partial charge in [0.1, 0.15) is 5.75 Å². The van der Waals surface area contributed by atoms with Crippen molar-refractivity contribution in [1.82, 2.24) is 0 Å². The first-order valence-corrected chi connectivity index (χ1v) is 5.86. The van der Waals surface area contributed by atoms with Crippen molar-refractivity contribution in [2.75, 3.05) is 7.11 Å². The van der Waals surface area contributed by atoms with Crippen LogP contribution < -0.4 is 10.5 Å². The lowest BCUT2D eigenvalue weighted by molar-refractivity contribution is -0.136. The van der Waals surface area contributed by atoms with Gasteiger partial charge in [0.2, 0.25) is 0 Å². The number of rotatable bonds is 6. The van der Waals surface area contributed by atoms with Crippen LogP contribution in [-0.4, -0.2) is 19.3 Å². The zero-order valence-electron chi connectivity index (χ0n) is 10.3. The van der Waals surface area contributed by atoms with E-state index >= 15 is 0 Å². The zero-order chi connectivity index (χ0) is 13.6. The Bertz CT molecular complexity index is 348. The van der Waals surface area contributed by atoms with Gasteiger partial charge in [-0.2, -0.15) is 13.2 Å². The average Bonchev–Trinajstić information content (AvgIpc) is 2.33. The van der Waals surface area contributed by atoms with Gasteiger partial charge >= 0.3 is 6.18 Å². The maximum absolute atomic E-state index is 12.0. The standard InChI is InChI=1S/C13H18F3NO/c1-18-12-6-3-10(4-7-12)2-5-11(17)8-9-13(14,15)16/h3-4,6-7,11H,2,5,8-9,17H2,1H3. The summed E-state index contributed by atoms with van der Waals surface area (Å²) < 4.78 is 41.0. The summed E-state index contributed by atoms with van der Waals surface area (Å²) in [6.07, 6.45) is -3.69. The first-order valence-electron chi connectivity index (χ1n) is 5.86. The topological polar surface area (TPSA) is 35.2 Å². The molecule has 1 rings (SSSR count). The molecular formula is C13H18F3NO. The Morgan fingerprint density at radius 2 is 1.78 bits per heavy atom. The molecule has 0 radical (unpaired) electrons. The van der Waals surface area contributed by atoms with Gasteiger partial charge in [-0.25, -0.2) is 0 Å². The Hall–Kier alpha value is -1.23. The minimum absolute atomic E-state index is 0.0142. The maximum atomic E-state index is 12.0. The molecule has 102 valence electrons. The predicted molar refractivity (Wildman–Crippen MR) is 64.6 cm³/mol. The van der Waals surface area contributed by atoms with E-state index < -0.39 is 18.6 Å². The largest absolute Gasteiger partial charge is 0.497 e. The quantitative estimate of drug-likeness (QED) is 0.852. The highest BCUT2D eigenvalue weighted by molar-refractivity contribution is 5.27. The molecule has 0 aliphatic carbocycles. The van der Waals surface area contributed by atoms with E-state index in [1.807, 2.05) is 24.3 Å². The number of benzene rings is 1. The maximum Gasteiger partial charge on any atom is 0.389 e. The third-order valence-electron chi connectivity index (χ3n) is 2.76. The van der Waals surface area contributed by atoms with E-state index in [0.717, 1.165) is 11.3 Å². The zero-order valence-corrected chi connectivity index (χ0v) is 10.3. The molecule has 2 nitrogen and oxygen atoms in total. The number of ether oxygens (including phenoxy) is 1. The van der Waals surface area contributed by atoms with Gasteiger partial charge in [-0.05, 0) is 37.0 Å². The summed E-state index contributed by atoms with van der Waals surface area (Å²) in [5.74, 6) is 0.764. The van der Waals surface area contributed by atoms with Gasteiger partial charge in [0.15, 0.2) is 0 Å². The van der Waals surface area contributed by atoms with Crippen molar-refractivity contribution in [3.05, 3.63) is 29.8 Å². The number of nitrogens with two attached hydrogens (primary N) is 1. The van der Waals surface area contributed by atoms with E-state index in [0.29, 0.717) is 12.8 Å². The van der Waals surface area contributed by atoms with Crippen molar-refractivity contribution in [3.8, 4) is 5.75 Å². The third kappa shape index (κ3) is 5.91. The number of alkyl halides is 3. The molecule has 1 atom stereocenters. The van der Waals surface area contributed by atoms with Crippen molar-refractivity contribution < 1.29 is 17.9 Å². The molecule has 1 aromatic rings. The van der Waals surface area contributed by atoms with Gasteiger partial charge in [-0.1, -0.05) is 12.1 Å². The lowest BCUT2D eigenvalue weighted by atomic mass is 10.0. The molecule has 5 heteroatoms. The van der Waals surface area contributed by atoms with Crippen LogP contribution in [0.15, 0.2) is 24.3 Å². The van der Waals surface area contributed by atoms with E-state index in [2.05, 4.69) is 0 Å². The second-order valence-corrected chi connectivity index (χ2v) is 4.30. The summed E-state index contributed by atoms with van der Waals surface area (Å²) in [4.78, 5) is 0. The summed E-state index contributed by atoms with van der Waals surface area (Å²) >= 11 is 0. The van der Waals surface area contributed by atoms with Gasteiger partial charge < -0.3 is 10.5 Å². The van der Waals surface area contributed by atoms with Gasteiger partial charge in [0, 0.05) is 12.5 Å². The van der Waals surface area contributed by atoms with Crippen molar-refractivity contribution >= 4 is 0 Å². The minimum Gasteiger partial charge on any atom is -0.497 e. The first kappa shape index (κ1) is 14.8. The van der Waals surface area contributed by atoms with Gasteiger partial charge in [0.05, 0.1) is 7.11 Å². The van der Waals surface area contributed by atoms with E-state index in [-0.39, 0.29) is 6.42 Å². The fourth-order valence-electron chi connectivity index (χ4n) is 1.64. The summed E-state index contributed by atoms with van der Waals surface area (Å²) in [6.45, 7) is 0. The highest BCUT2D eigenvalue weighted by Crippen LogP contribution is 2.23. The van der Waals surface area contributed by atoms with Gasteiger partial charge in [0.25, 0.3) is 0 Å². The van der Waals surface area contributed by atoms with Crippen molar-refractivity contribution in [3.63, 3.8) is 0 Å². The van der Waals surface area contributed by atoms with E-state index in [1.165, 1.54) is 0 Å². The molecular weight excluding hydrogens is 243 g/mol. The summed E-state index contributed by atoms with van der Waals surface area (Å²) in [6, 6.07) is 7.05. The molecule has 0 amide bonds. The highest BCUT2D eigenvalue weighted by Gasteiger charge is 2.27.